The average Bonchev–Trinajstić information content (AvgIpc) is 2.66. The fourth-order valence-electron chi connectivity index (χ4n) is 2.18. The lowest BCUT2D eigenvalue weighted by molar-refractivity contribution is -0.111. The van der Waals surface area contributed by atoms with E-state index in [9.17, 15) is 4.79 Å². The van der Waals surface area contributed by atoms with E-state index in [1.54, 1.807) is 9.12 Å². The molecule has 2 nitrogen and oxygen atoms in total. The van der Waals surface area contributed by atoms with Crippen molar-refractivity contribution in [3.8, 4) is 0 Å². The van der Waals surface area contributed by atoms with Gasteiger partial charge in [0.05, 0.1) is 0 Å². The highest BCUT2D eigenvalue weighted by molar-refractivity contribution is 14.2. The SMILES string of the molecule is CC(C)/C=C1/C(=O)C=C2CN(SI)CC21. The molecule has 0 bridgehead atoms. The van der Waals surface area contributed by atoms with Crippen molar-refractivity contribution in [2.24, 2.45) is 11.8 Å². The molecule has 4 heteroatoms. The van der Waals surface area contributed by atoms with E-state index < -0.39 is 0 Å². The molecule has 0 N–H and O–H groups in total. The zero-order chi connectivity index (χ0) is 11.0. The highest BCUT2D eigenvalue weighted by Gasteiger charge is 2.37. The second-order valence-corrected chi connectivity index (χ2v) is 6.23. The zero-order valence-corrected chi connectivity index (χ0v) is 11.8. The summed E-state index contributed by atoms with van der Waals surface area (Å²) in [6.45, 7) is 6.18. The van der Waals surface area contributed by atoms with Crippen molar-refractivity contribution in [3.63, 3.8) is 0 Å². The highest BCUT2D eigenvalue weighted by atomic mass is 127. The molecule has 1 unspecified atom stereocenters. The Morgan fingerprint density at radius 3 is 3.00 bits per heavy atom. The van der Waals surface area contributed by atoms with Crippen LogP contribution < -0.4 is 0 Å². The summed E-state index contributed by atoms with van der Waals surface area (Å²) in [6, 6.07) is 0. The molecule has 0 aromatic heterocycles. The van der Waals surface area contributed by atoms with Crippen LogP contribution in [0.2, 0.25) is 0 Å². The van der Waals surface area contributed by atoms with E-state index in [1.165, 1.54) is 5.57 Å². The number of carbonyl (C=O) groups is 1. The van der Waals surface area contributed by atoms with Gasteiger partial charge in [-0.2, -0.15) is 0 Å². The van der Waals surface area contributed by atoms with E-state index in [2.05, 4.69) is 45.4 Å². The molecule has 2 aliphatic rings. The number of ketones is 1. The first-order valence-electron chi connectivity index (χ1n) is 5.12. The predicted octanol–water partition coefficient (Wildman–Crippen LogP) is 3.01. The Bertz CT molecular complexity index is 348. The van der Waals surface area contributed by atoms with Crippen LogP contribution in [0.5, 0.6) is 0 Å². The second kappa shape index (κ2) is 4.59. The van der Waals surface area contributed by atoms with Crippen molar-refractivity contribution in [1.82, 2.24) is 4.31 Å². The number of carbonyl (C=O) groups excluding carboxylic acids is 1. The fourth-order valence-corrected chi connectivity index (χ4v) is 3.48. The summed E-state index contributed by atoms with van der Waals surface area (Å²) in [6.07, 6.45) is 3.96. The molecule has 1 heterocycles. The summed E-state index contributed by atoms with van der Waals surface area (Å²) in [5.41, 5.74) is 2.32. The molecule has 1 aliphatic carbocycles. The Hall–Kier alpha value is 0.190. The number of allylic oxidation sites excluding steroid dienone is 2. The van der Waals surface area contributed by atoms with Gasteiger partial charge in [0, 0.05) is 45.8 Å². The molecule has 82 valence electrons. The standard InChI is InChI=1S/C11H14INOS/c1-7(2)3-9-10-6-13(15-12)5-8(10)4-11(9)14/h3-4,7,10H,5-6H2,1-2H3/b9-3+. The van der Waals surface area contributed by atoms with E-state index >= 15 is 0 Å². The zero-order valence-electron chi connectivity index (χ0n) is 8.87. The van der Waals surface area contributed by atoms with Gasteiger partial charge >= 0.3 is 0 Å². The number of rotatable bonds is 2. The maximum Gasteiger partial charge on any atom is 0.182 e. The maximum absolute atomic E-state index is 11.7. The van der Waals surface area contributed by atoms with Crippen molar-refractivity contribution >= 4 is 36.1 Å². The third kappa shape index (κ3) is 2.31. The van der Waals surface area contributed by atoms with Crippen LogP contribution in [0.3, 0.4) is 0 Å². The lowest BCUT2D eigenvalue weighted by atomic mass is 9.96. The summed E-state index contributed by atoms with van der Waals surface area (Å²) >= 11 is 2.30. The van der Waals surface area contributed by atoms with Gasteiger partial charge in [-0.05, 0) is 26.7 Å². The Labute approximate surface area is 107 Å². The van der Waals surface area contributed by atoms with Crippen LogP contribution in [0.15, 0.2) is 23.3 Å². The van der Waals surface area contributed by atoms with Crippen LogP contribution in [0.4, 0.5) is 0 Å². The van der Waals surface area contributed by atoms with Gasteiger partial charge in [-0.25, -0.2) is 4.31 Å². The van der Waals surface area contributed by atoms with Gasteiger partial charge in [0.15, 0.2) is 5.78 Å². The predicted molar refractivity (Wildman–Crippen MR) is 72.7 cm³/mol. The van der Waals surface area contributed by atoms with E-state index in [-0.39, 0.29) is 5.78 Å². The summed E-state index contributed by atoms with van der Waals surface area (Å²) in [7, 11) is 1.74. The van der Waals surface area contributed by atoms with E-state index in [4.69, 9.17) is 0 Å². The summed E-state index contributed by atoms with van der Waals surface area (Å²) in [5.74, 6) is 1.07. The Balaban J connectivity index is 2.22. The summed E-state index contributed by atoms with van der Waals surface area (Å²) < 4.78 is 2.30. The smallest absolute Gasteiger partial charge is 0.182 e. The third-order valence-corrected chi connectivity index (χ3v) is 4.92. The molecular formula is C11H14INOS. The number of hydrogen-bond acceptors (Lipinski definition) is 3. The van der Waals surface area contributed by atoms with Crippen molar-refractivity contribution < 1.29 is 4.79 Å². The Morgan fingerprint density at radius 1 is 1.67 bits per heavy atom. The molecule has 1 saturated heterocycles. The largest absolute Gasteiger partial charge is 0.290 e. The molecule has 1 aliphatic heterocycles. The van der Waals surface area contributed by atoms with Gasteiger partial charge in [0.25, 0.3) is 0 Å². The van der Waals surface area contributed by atoms with Gasteiger partial charge < -0.3 is 0 Å². The van der Waals surface area contributed by atoms with Crippen molar-refractivity contribution in [2.75, 3.05) is 13.1 Å². The van der Waals surface area contributed by atoms with Crippen LogP contribution in [-0.2, 0) is 4.79 Å². The van der Waals surface area contributed by atoms with E-state index in [0.29, 0.717) is 11.8 Å². The number of nitrogens with zero attached hydrogens (tertiary/aromatic N) is 1. The van der Waals surface area contributed by atoms with Gasteiger partial charge in [0.1, 0.15) is 0 Å². The molecular weight excluding hydrogens is 321 g/mol. The molecule has 1 atom stereocenters. The number of fused-ring (bicyclic) bond motifs is 1. The van der Waals surface area contributed by atoms with Crippen LogP contribution in [0, 0.1) is 11.8 Å². The quantitative estimate of drug-likeness (QED) is 0.440. The lowest BCUT2D eigenvalue weighted by Crippen LogP contribution is -2.14. The molecule has 1 fully saturated rings. The monoisotopic (exact) mass is 335 g/mol. The molecule has 15 heavy (non-hydrogen) atoms. The first-order chi connectivity index (χ1) is 7.11. The van der Waals surface area contributed by atoms with Crippen molar-refractivity contribution in [2.45, 2.75) is 13.8 Å². The first-order valence-corrected chi connectivity index (χ1v) is 8.43. The van der Waals surface area contributed by atoms with Crippen LogP contribution in [0.25, 0.3) is 0 Å². The normalized spacial score (nSPS) is 29.1. The topological polar surface area (TPSA) is 20.3 Å². The maximum atomic E-state index is 11.7. The summed E-state index contributed by atoms with van der Waals surface area (Å²) in [5, 5.41) is 0. The third-order valence-electron chi connectivity index (χ3n) is 2.78. The highest BCUT2D eigenvalue weighted by Crippen LogP contribution is 2.39. The van der Waals surface area contributed by atoms with E-state index in [1.807, 2.05) is 6.08 Å². The molecule has 0 spiro atoms. The molecule has 0 saturated carbocycles. The molecule has 0 radical (unpaired) electrons. The van der Waals surface area contributed by atoms with Gasteiger partial charge in [-0.15, -0.1) is 0 Å². The lowest BCUT2D eigenvalue weighted by Gasteiger charge is -2.11. The Kier molecular flexibility index (Phi) is 3.57. The van der Waals surface area contributed by atoms with Crippen molar-refractivity contribution in [3.05, 3.63) is 23.3 Å². The molecule has 0 aromatic rings. The van der Waals surface area contributed by atoms with Crippen LogP contribution >= 0.6 is 30.3 Å². The average molecular weight is 335 g/mol. The summed E-state index contributed by atoms with van der Waals surface area (Å²) in [4.78, 5) is 11.7. The second-order valence-electron chi connectivity index (χ2n) is 4.39. The molecule has 0 aromatic carbocycles. The number of hydrogen-bond donors (Lipinski definition) is 0. The minimum Gasteiger partial charge on any atom is -0.290 e. The van der Waals surface area contributed by atoms with Crippen molar-refractivity contribution in [1.29, 1.82) is 0 Å². The van der Waals surface area contributed by atoms with Gasteiger partial charge in [0.2, 0.25) is 0 Å². The van der Waals surface area contributed by atoms with Crippen LogP contribution in [-0.4, -0.2) is 23.2 Å². The fraction of sp³-hybridized carbons (Fsp3) is 0.545. The minimum atomic E-state index is 0.238. The molecule has 2 rings (SSSR count). The van der Waals surface area contributed by atoms with Gasteiger partial charge in [-0.3, -0.25) is 4.79 Å². The van der Waals surface area contributed by atoms with Gasteiger partial charge in [-0.1, -0.05) is 19.9 Å². The number of halogens is 1. The van der Waals surface area contributed by atoms with E-state index in [0.717, 1.165) is 18.7 Å². The molecule has 0 amide bonds. The first kappa shape index (κ1) is 11.7. The Morgan fingerprint density at radius 2 is 2.40 bits per heavy atom. The van der Waals surface area contributed by atoms with Crippen LogP contribution in [0.1, 0.15) is 13.8 Å². The minimum absolute atomic E-state index is 0.238.